The van der Waals surface area contributed by atoms with E-state index < -0.39 is 49.5 Å². The van der Waals surface area contributed by atoms with Crippen LogP contribution in [-0.4, -0.2) is 100 Å². The third kappa shape index (κ3) is 38.0. The summed E-state index contributed by atoms with van der Waals surface area (Å²) in [5.74, 6) is -0.255. The molecule has 1 heterocycles. The molecule has 7 atom stereocenters. The Labute approximate surface area is 427 Å². The number of nitrogens with one attached hydrogen (secondary N) is 1. The first-order valence-corrected chi connectivity index (χ1v) is 28.6. The van der Waals surface area contributed by atoms with Crippen LogP contribution in [0.25, 0.3) is 0 Å². The van der Waals surface area contributed by atoms with Crippen molar-refractivity contribution in [2.24, 2.45) is 0 Å². The molecule has 0 saturated carbocycles. The van der Waals surface area contributed by atoms with Gasteiger partial charge in [0.05, 0.1) is 32.0 Å². The SMILES string of the molecule is CC/C=C/CC/C=C/CC/C=C/C(O)C(COC1OC(CO)C(O)C(O)C1O)NC(=O)CCCCCCCCCCCCCCCC/C=C\C/C=C\CCOC(=O)CCCCCCCCCCCCC. The predicted octanol–water partition coefficient (Wildman–Crippen LogP) is 12.7. The molecule has 0 aromatic carbocycles. The quantitative estimate of drug-likeness (QED) is 0.0196. The molecule has 1 aliphatic rings. The van der Waals surface area contributed by atoms with Crippen LogP contribution in [0.4, 0.5) is 0 Å². The maximum Gasteiger partial charge on any atom is 0.305 e. The van der Waals surface area contributed by atoms with E-state index >= 15 is 0 Å². The van der Waals surface area contributed by atoms with E-state index in [0.29, 0.717) is 19.4 Å². The lowest BCUT2D eigenvalue weighted by Crippen LogP contribution is -2.60. The third-order valence-corrected chi connectivity index (χ3v) is 13.1. The van der Waals surface area contributed by atoms with Gasteiger partial charge >= 0.3 is 5.97 Å². The van der Waals surface area contributed by atoms with Crippen LogP contribution in [0.15, 0.2) is 60.8 Å². The second kappa shape index (κ2) is 48.6. The van der Waals surface area contributed by atoms with E-state index in [0.717, 1.165) is 89.9 Å². The van der Waals surface area contributed by atoms with Crippen LogP contribution in [0, 0.1) is 0 Å². The molecule has 0 aliphatic carbocycles. The van der Waals surface area contributed by atoms with Crippen molar-refractivity contribution in [2.45, 2.75) is 281 Å². The molecule has 6 N–H and O–H groups in total. The number of ether oxygens (including phenoxy) is 3. The smallest absolute Gasteiger partial charge is 0.305 e. The van der Waals surface area contributed by atoms with Gasteiger partial charge in [0.15, 0.2) is 6.29 Å². The van der Waals surface area contributed by atoms with Crippen molar-refractivity contribution in [3.8, 4) is 0 Å². The number of hydrogen-bond donors (Lipinski definition) is 6. The topological polar surface area (TPSA) is 175 Å². The van der Waals surface area contributed by atoms with E-state index in [4.69, 9.17) is 14.2 Å². The van der Waals surface area contributed by atoms with Crippen molar-refractivity contribution in [1.82, 2.24) is 5.32 Å². The summed E-state index contributed by atoms with van der Waals surface area (Å²) in [6, 6.07) is -0.838. The first-order chi connectivity index (χ1) is 34.2. The number of allylic oxidation sites excluding steroid dienone is 8. The number of carbonyl (C=O) groups is 2. The fourth-order valence-electron chi connectivity index (χ4n) is 8.61. The number of aliphatic hydroxyl groups is 5. The summed E-state index contributed by atoms with van der Waals surface area (Å²) < 4.78 is 16.6. The molecule has 11 nitrogen and oxygen atoms in total. The summed E-state index contributed by atoms with van der Waals surface area (Å²) in [5, 5.41) is 54.2. The lowest BCUT2D eigenvalue weighted by atomic mass is 9.99. The number of rotatable bonds is 48. The summed E-state index contributed by atoms with van der Waals surface area (Å²) in [6.45, 7) is 4.07. The average Bonchev–Trinajstić information content (AvgIpc) is 3.36. The standard InChI is InChI=1S/C59H105NO10/c1-3-5-7-9-11-13-26-31-35-39-43-47-55(64)68-48-44-40-36-32-28-25-23-21-19-17-15-16-18-20-22-24-27-30-34-38-42-46-54(63)60-51(50-69-59-58(67)57(66)56(65)53(49-61)70-59)52(62)45-41-37-33-29-14-12-10-8-6-4-2/h6,8,14,25,28-29,36,40-41,45,51-53,56-59,61-62,65-67H,3-5,7,9-13,15-24,26-27,30-35,37-39,42-44,46-50H2,1-2H3,(H,60,63)/b8-6+,28-25-,29-14+,40-36-,45-41+. The van der Waals surface area contributed by atoms with Crippen molar-refractivity contribution in [2.75, 3.05) is 19.8 Å². The van der Waals surface area contributed by atoms with Gasteiger partial charge in [-0.3, -0.25) is 9.59 Å². The Bertz CT molecular complexity index is 1350. The molecule has 11 heteroatoms. The van der Waals surface area contributed by atoms with Gasteiger partial charge in [0.2, 0.25) is 5.91 Å². The van der Waals surface area contributed by atoms with Gasteiger partial charge < -0.3 is 45.1 Å². The van der Waals surface area contributed by atoms with Crippen molar-refractivity contribution in [3.63, 3.8) is 0 Å². The van der Waals surface area contributed by atoms with Gasteiger partial charge in [-0.1, -0.05) is 216 Å². The number of amides is 1. The van der Waals surface area contributed by atoms with Gasteiger partial charge in [-0.05, 0) is 70.6 Å². The zero-order chi connectivity index (χ0) is 51.0. The molecule has 1 rings (SSSR count). The monoisotopic (exact) mass is 988 g/mol. The molecule has 0 bridgehead atoms. The second-order valence-electron chi connectivity index (χ2n) is 19.6. The van der Waals surface area contributed by atoms with Crippen LogP contribution in [0.1, 0.15) is 239 Å². The number of unbranched alkanes of at least 4 members (excludes halogenated alkanes) is 26. The van der Waals surface area contributed by atoms with E-state index in [9.17, 15) is 35.1 Å². The Balaban J connectivity index is 2.08. The minimum absolute atomic E-state index is 0.0506. The highest BCUT2D eigenvalue weighted by molar-refractivity contribution is 5.76. The van der Waals surface area contributed by atoms with E-state index in [-0.39, 0.29) is 18.5 Å². The average molecular weight is 988 g/mol. The fraction of sp³-hybridized carbons (Fsp3) is 0.797. The highest BCUT2D eigenvalue weighted by Crippen LogP contribution is 2.23. The van der Waals surface area contributed by atoms with Crippen LogP contribution in [0.2, 0.25) is 0 Å². The molecule has 1 saturated heterocycles. The predicted molar refractivity (Wildman–Crippen MR) is 287 cm³/mol. The summed E-state index contributed by atoms with van der Waals surface area (Å²) in [7, 11) is 0. The molecule has 1 amide bonds. The first-order valence-electron chi connectivity index (χ1n) is 28.6. The van der Waals surface area contributed by atoms with Crippen LogP contribution < -0.4 is 5.32 Å². The summed E-state index contributed by atoms with van der Waals surface area (Å²) in [6.07, 6.45) is 52.0. The Morgan fingerprint density at radius 3 is 1.56 bits per heavy atom. The minimum atomic E-state index is -1.58. The van der Waals surface area contributed by atoms with E-state index in [1.54, 1.807) is 6.08 Å². The van der Waals surface area contributed by atoms with Crippen molar-refractivity contribution in [3.05, 3.63) is 60.8 Å². The van der Waals surface area contributed by atoms with Crippen LogP contribution in [-0.2, 0) is 23.8 Å². The van der Waals surface area contributed by atoms with Crippen molar-refractivity contribution >= 4 is 11.9 Å². The number of carbonyl (C=O) groups excluding carboxylic acids is 2. The molecule has 0 aromatic heterocycles. The van der Waals surface area contributed by atoms with Gasteiger partial charge in [0, 0.05) is 12.8 Å². The van der Waals surface area contributed by atoms with Gasteiger partial charge in [-0.15, -0.1) is 0 Å². The highest BCUT2D eigenvalue weighted by atomic mass is 16.7. The molecule has 406 valence electrons. The molecule has 0 spiro atoms. The van der Waals surface area contributed by atoms with Crippen LogP contribution >= 0.6 is 0 Å². The van der Waals surface area contributed by atoms with E-state index in [1.807, 2.05) is 6.08 Å². The zero-order valence-electron chi connectivity index (χ0n) is 44.5. The number of aliphatic hydroxyl groups excluding tert-OH is 5. The Morgan fingerprint density at radius 1 is 0.543 bits per heavy atom. The molecular weight excluding hydrogens is 883 g/mol. The van der Waals surface area contributed by atoms with Crippen LogP contribution in [0.5, 0.6) is 0 Å². The van der Waals surface area contributed by atoms with E-state index in [1.165, 1.54) is 122 Å². The van der Waals surface area contributed by atoms with Crippen molar-refractivity contribution < 1.29 is 49.3 Å². The summed E-state index contributed by atoms with van der Waals surface area (Å²) >= 11 is 0. The fourth-order valence-corrected chi connectivity index (χ4v) is 8.61. The molecule has 7 unspecified atom stereocenters. The van der Waals surface area contributed by atoms with Gasteiger partial charge in [-0.25, -0.2) is 0 Å². The number of esters is 1. The van der Waals surface area contributed by atoms with Crippen molar-refractivity contribution in [1.29, 1.82) is 0 Å². The Morgan fingerprint density at radius 2 is 1.01 bits per heavy atom. The molecule has 70 heavy (non-hydrogen) atoms. The summed E-state index contributed by atoms with van der Waals surface area (Å²) in [5.41, 5.74) is 0. The van der Waals surface area contributed by atoms with Gasteiger partial charge in [-0.2, -0.15) is 0 Å². The van der Waals surface area contributed by atoms with Gasteiger partial charge in [0.1, 0.15) is 24.4 Å². The lowest BCUT2D eigenvalue weighted by Gasteiger charge is -2.40. The van der Waals surface area contributed by atoms with Crippen LogP contribution in [0.3, 0.4) is 0 Å². The molecule has 0 aromatic rings. The zero-order valence-corrected chi connectivity index (χ0v) is 44.5. The van der Waals surface area contributed by atoms with E-state index in [2.05, 4.69) is 67.8 Å². The molecule has 1 aliphatic heterocycles. The molecular formula is C59H105NO10. The highest BCUT2D eigenvalue weighted by Gasteiger charge is 2.44. The Hall–Kier alpha value is -2.64. The minimum Gasteiger partial charge on any atom is -0.465 e. The maximum atomic E-state index is 13.0. The molecule has 0 radical (unpaired) electrons. The normalized spacial score (nSPS) is 19.7. The number of hydrogen-bond acceptors (Lipinski definition) is 10. The summed E-state index contributed by atoms with van der Waals surface area (Å²) in [4.78, 5) is 25.0. The third-order valence-electron chi connectivity index (χ3n) is 13.1. The van der Waals surface area contributed by atoms with Gasteiger partial charge in [0.25, 0.3) is 0 Å². The maximum absolute atomic E-state index is 13.0. The second-order valence-corrected chi connectivity index (χ2v) is 19.6. The lowest BCUT2D eigenvalue weighted by molar-refractivity contribution is -0.302. The Kier molecular flexibility index (Phi) is 45.4. The molecule has 1 fully saturated rings. The first kappa shape index (κ1) is 65.4. The largest absolute Gasteiger partial charge is 0.465 e.